The molecule has 140 valence electrons. The Morgan fingerprint density at radius 3 is 1.74 bits per heavy atom. The van der Waals surface area contributed by atoms with E-state index in [0.29, 0.717) is 12.1 Å². The molecule has 0 aliphatic carbocycles. The van der Waals surface area contributed by atoms with E-state index in [2.05, 4.69) is 21.3 Å². The average Bonchev–Trinajstić information content (AvgIpc) is 2.63. The van der Waals surface area contributed by atoms with Crippen LogP contribution in [-0.2, 0) is 16.0 Å². The predicted octanol–water partition coefficient (Wildman–Crippen LogP) is 2.97. The first-order valence-corrected chi connectivity index (χ1v) is 9.13. The molecule has 2 rings (SSSR count). The molecule has 0 aliphatic rings. The molecule has 0 aromatic heterocycles. The molecule has 0 saturated carbocycles. The number of hydrogen-bond acceptors (Lipinski definition) is 4. The van der Waals surface area contributed by atoms with Crippen molar-refractivity contribution in [3.8, 4) is 0 Å². The molecule has 0 fully saturated rings. The molecule has 6 nitrogen and oxygen atoms in total. The first-order valence-electron chi connectivity index (χ1n) is 8.32. The van der Waals surface area contributed by atoms with Crippen LogP contribution in [0.15, 0.2) is 54.6 Å². The zero-order valence-electron chi connectivity index (χ0n) is 14.7. The van der Waals surface area contributed by atoms with Crippen LogP contribution in [0.3, 0.4) is 0 Å². The molecule has 4 N–H and O–H groups in total. The summed E-state index contributed by atoms with van der Waals surface area (Å²) in [5.74, 6) is -0.337. The number of amides is 2. The number of nitrogens with one attached hydrogen (secondary N) is 4. The van der Waals surface area contributed by atoms with Gasteiger partial charge in [0.05, 0.1) is 6.42 Å². The zero-order valence-corrected chi connectivity index (χ0v) is 16.4. The highest BCUT2D eigenvalue weighted by molar-refractivity contribution is 7.80. The Hall–Kier alpha value is -2.84. The summed E-state index contributed by atoms with van der Waals surface area (Å²) in [5, 5.41) is 11.5. The molecular weight excluding hydrogens is 380 g/mol. The second-order valence-electron chi connectivity index (χ2n) is 5.60. The molecule has 8 heteroatoms. The van der Waals surface area contributed by atoms with Gasteiger partial charge in [-0.05, 0) is 54.3 Å². The second-order valence-corrected chi connectivity index (χ2v) is 6.41. The first-order chi connectivity index (χ1) is 13.0. The quantitative estimate of drug-likeness (QED) is 0.578. The highest BCUT2D eigenvalue weighted by Crippen LogP contribution is 2.13. The van der Waals surface area contributed by atoms with E-state index in [1.807, 2.05) is 30.3 Å². The van der Waals surface area contributed by atoms with E-state index in [4.69, 9.17) is 24.4 Å². The Labute approximate surface area is 168 Å². The summed E-state index contributed by atoms with van der Waals surface area (Å²) in [7, 11) is 0. The monoisotopic (exact) mass is 400 g/mol. The van der Waals surface area contributed by atoms with Crippen molar-refractivity contribution >= 4 is 57.8 Å². The van der Waals surface area contributed by atoms with Gasteiger partial charge in [0.1, 0.15) is 0 Å². The van der Waals surface area contributed by atoms with Gasteiger partial charge in [-0.15, -0.1) is 0 Å². The largest absolute Gasteiger partial charge is 0.332 e. The summed E-state index contributed by atoms with van der Waals surface area (Å²) in [6.07, 6.45) is 0.616. The Bertz CT molecular complexity index is 823. The van der Waals surface area contributed by atoms with Gasteiger partial charge in [-0.25, -0.2) is 0 Å². The third-order valence-electron chi connectivity index (χ3n) is 3.44. The molecule has 0 aliphatic heterocycles. The fourth-order valence-corrected chi connectivity index (χ4v) is 2.59. The minimum Gasteiger partial charge on any atom is -0.332 e. The summed E-state index contributed by atoms with van der Waals surface area (Å²) in [5.41, 5.74) is 2.36. The fraction of sp³-hybridized carbons (Fsp3) is 0.158. The van der Waals surface area contributed by atoms with Gasteiger partial charge in [0.2, 0.25) is 11.8 Å². The predicted molar refractivity (Wildman–Crippen MR) is 116 cm³/mol. The number of benzene rings is 2. The molecular formula is C19H20N4O2S2. The zero-order chi connectivity index (χ0) is 19.6. The molecule has 0 spiro atoms. The van der Waals surface area contributed by atoms with Gasteiger partial charge in [0, 0.05) is 17.8 Å². The number of thiocarbonyl (C=S) groups is 2. The van der Waals surface area contributed by atoms with Crippen molar-refractivity contribution in [3.05, 3.63) is 60.2 Å². The van der Waals surface area contributed by atoms with Crippen molar-refractivity contribution in [3.63, 3.8) is 0 Å². The maximum Gasteiger partial charge on any atom is 0.230 e. The Morgan fingerprint density at radius 2 is 1.26 bits per heavy atom. The molecule has 0 heterocycles. The second kappa shape index (κ2) is 10.3. The van der Waals surface area contributed by atoms with Crippen LogP contribution in [0.4, 0.5) is 11.4 Å². The maximum atomic E-state index is 12.0. The van der Waals surface area contributed by atoms with E-state index < -0.39 is 0 Å². The van der Waals surface area contributed by atoms with E-state index in [1.165, 1.54) is 0 Å². The fourth-order valence-electron chi connectivity index (χ4n) is 2.13. The third kappa shape index (κ3) is 7.51. The molecule has 0 unspecified atom stereocenters. The molecule has 0 radical (unpaired) electrons. The normalized spacial score (nSPS) is 9.81. The smallest absolute Gasteiger partial charge is 0.230 e. The third-order valence-corrected chi connectivity index (χ3v) is 3.84. The van der Waals surface area contributed by atoms with E-state index in [9.17, 15) is 9.59 Å². The summed E-state index contributed by atoms with van der Waals surface area (Å²) in [6, 6.07) is 16.6. The number of carbonyl (C=O) groups is 2. The van der Waals surface area contributed by atoms with Gasteiger partial charge < -0.3 is 21.3 Å². The van der Waals surface area contributed by atoms with Gasteiger partial charge in [0.25, 0.3) is 0 Å². The summed E-state index contributed by atoms with van der Waals surface area (Å²) in [6.45, 7) is 1.75. The van der Waals surface area contributed by atoms with Gasteiger partial charge in [-0.1, -0.05) is 37.3 Å². The van der Waals surface area contributed by atoms with E-state index in [0.717, 1.165) is 11.3 Å². The SMILES string of the molecule is CCC(=O)NC(=S)Nc1ccc(NC(=S)NC(=O)Cc2ccccc2)cc1. The Morgan fingerprint density at radius 1 is 0.778 bits per heavy atom. The van der Waals surface area contributed by atoms with Crippen molar-refractivity contribution in [2.24, 2.45) is 0 Å². The van der Waals surface area contributed by atoms with Gasteiger partial charge in [-0.3, -0.25) is 9.59 Å². The van der Waals surface area contributed by atoms with Crippen molar-refractivity contribution in [1.29, 1.82) is 0 Å². The van der Waals surface area contributed by atoms with Gasteiger partial charge in [-0.2, -0.15) is 0 Å². The lowest BCUT2D eigenvalue weighted by atomic mass is 10.1. The van der Waals surface area contributed by atoms with Crippen LogP contribution in [-0.4, -0.2) is 22.0 Å². The standard InChI is InChI=1S/C19H20N4O2S2/c1-2-16(24)22-18(26)20-14-8-10-15(11-9-14)21-19(27)23-17(25)12-13-6-4-3-5-7-13/h3-11H,2,12H2,1H3,(H2,20,22,24,26)(H2,21,23,25,27). The minimum atomic E-state index is -0.186. The number of hydrogen-bond donors (Lipinski definition) is 4. The van der Waals surface area contributed by atoms with Crippen molar-refractivity contribution in [2.45, 2.75) is 19.8 Å². The van der Waals surface area contributed by atoms with Crippen LogP contribution >= 0.6 is 24.4 Å². The van der Waals surface area contributed by atoms with Crippen LogP contribution in [0.1, 0.15) is 18.9 Å². The highest BCUT2D eigenvalue weighted by atomic mass is 32.1. The van der Waals surface area contributed by atoms with Gasteiger partial charge >= 0.3 is 0 Å². The number of carbonyl (C=O) groups excluding carboxylic acids is 2. The molecule has 0 bridgehead atoms. The summed E-state index contributed by atoms with van der Waals surface area (Å²) < 4.78 is 0. The average molecular weight is 401 g/mol. The topological polar surface area (TPSA) is 82.3 Å². The lowest BCUT2D eigenvalue weighted by Crippen LogP contribution is -2.35. The van der Waals surface area contributed by atoms with Crippen molar-refractivity contribution in [1.82, 2.24) is 10.6 Å². The minimum absolute atomic E-state index is 0.151. The van der Waals surface area contributed by atoms with Crippen LogP contribution in [0.25, 0.3) is 0 Å². The molecule has 2 aromatic carbocycles. The molecule has 27 heavy (non-hydrogen) atoms. The number of anilines is 2. The van der Waals surface area contributed by atoms with Crippen LogP contribution in [0.5, 0.6) is 0 Å². The van der Waals surface area contributed by atoms with Crippen molar-refractivity contribution in [2.75, 3.05) is 10.6 Å². The molecule has 2 amide bonds. The van der Waals surface area contributed by atoms with E-state index in [1.54, 1.807) is 31.2 Å². The van der Waals surface area contributed by atoms with Crippen LogP contribution < -0.4 is 21.3 Å². The lowest BCUT2D eigenvalue weighted by Gasteiger charge is -2.12. The molecule has 2 aromatic rings. The highest BCUT2D eigenvalue weighted by Gasteiger charge is 2.07. The van der Waals surface area contributed by atoms with E-state index >= 15 is 0 Å². The molecule has 0 atom stereocenters. The molecule has 0 saturated heterocycles. The summed E-state index contributed by atoms with van der Waals surface area (Å²) in [4.78, 5) is 23.3. The summed E-state index contributed by atoms with van der Waals surface area (Å²) >= 11 is 10.2. The Balaban J connectivity index is 1.81. The lowest BCUT2D eigenvalue weighted by molar-refractivity contribution is -0.120. The van der Waals surface area contributed by atoms with Gasteiger partial charge in [0.15, 0.2) is 10.2 Å². The maximum absolute atomic E-state index is 12.0. The van der Waals surface area contributed by atoms with E-state index in [-0.39, 0.29) is 28.5 Å². The van der Waals surface area contributed by atoms with Crippen LogP contribution in [0.2, 0.25) is 0 Å². The Kier molecular flexibility index (Phi) is 7.84. The van der Waals surface area contributed by atoms with Crippen molar-refractivity contribution < 1.29 is 9.59 Å². The first kappa shape index (κ1) is 20.5. The van der Waals surface area contributed by atoms with Crippen LogP contribution in [0, 0.1) is 0 Å². The number of rotatable bonds is 5.